The molecule has 0 aliphatic carbocycles. The van der Waals surface area contributed by atoms with Gasteiger partial charge < -0.3 is 4.74 Å². The monoisotopic (exact) mass is 270 g/mol. The first kappa shape index (κ1) is 12.6. The van der Waals surface area contributed by atoms with E-state index < -0.39 is 17.6 Å². The number of rotatable bonds is 3. The maximum Gasteiger partial charge on any atom is 0.369 e. The summed E-state index contributed by atoms with van der Waals surface area (Å²) in [7, 11) is 0. The fourth-order valence-electron chi connectivity index (χ4n) is 1.30. The highest BCUT2D eigenvalue weighted by molar-refractivity contribution is 7.07. The van der Waals surface area contributed by atoms with Crippen LogP contribution in [0.3, 0.4) is 0 Å². The van der Waals surface area contributed by atoms with Gasteiger partial charge in [-0.2, -0.15) is 4.37 Å². The highest BCUT2D eigenvalue weighted by Gasteiger charge is 2.15. The van der Waals surface area contributed by atoms with Crippen LogP contribution < -0.4 is 0 Å². The van der Waals surface area contributed by atoms with Gasteiger partial charge >= 0.3 is 5.97 Å². The summed E-state index contributed by atoms with van der Waals surface area (Å²) in [6.45, 7) is 1.89. The van der Waals surface area contributed by atoms with Crippen molar-refractivity contribution < 1.29 is 18.3 Å². The molecule has 0 aliphatic heterocycles. The topological polar surface area (TPSA) is 52.1 Å². The normalized spacial score (nSPS) is 10.4. The number of benzene rings is 1. The zero-order chi connectivity index (χ0) is 13.1. The van der Waals surface area contributed by atoms with Gasteiger partial charge in [0, 0.05) is 11.6 Å². The molecule has 0 aliphatic rings. The van der Waals surface area contributed by atoms with Crippen molar-refractivity contribution in [2.75, 3.05) is 6.61 Å². The smallest absolute Gasteiger partial charge is 0.369 e. The van der Waals surface area contributed by atoms with E-state index in [9.17, 15) is 13.6 Å². The van der Waals surface area contributed by atoms with Crippen molar-refractivity contribution in [1.82, 2.24) is 9.36 Å². The molecule has 1 aromatic heterocycles. The molecule has 1 heterocycles. The minimum absolute atomic E-state index is 0.0523. The molecular weight excluding hydrogens is 262 g/mol. The first-order valence-electron chi connectivity index (χ1n) is 5.07. The molecule has 1 aromatic carbocycles. The Kier molecular flexibility index (Phi) is 3.61. The van der Waals surface area contributed by atoms with Gasteiger partial charge in [-0.15, -0.1) is 0 Å². The number of esters is 1. The Morgan fingerprint density at radius 2 is 2.00 bits per heavy atom. The van der Waals surface area contributed by atoms with Crippen molar-refractivity contribution in [2.24, 2.45) is 0 Å². The third kappa shape index (κ3) is 2.67. The molecule has 4 nitrogen and oxygen atoms in total. The minimum Gasteiger partial charge on any atom is -0.461 e. The van der Waals surface area contributed by atoms with E-state index >= 15 is 0 Å². The average Bonchev–Trinajstić information content (AvgIpc) is 2.77. The van der Waals surface area contributed by atoms with Gasteiger partial charge in [0.25, 0.3) is 0 Å². The predicted molar refractivity (Wildman–Crippen MR) is 61.2 cm³/mol. The summed E-state index contributed by atoms with van der Waals surface area (Å²) in [4.78, 5) is 15.2. The van der Waals surface area contributed by atoms with E-state index in [0.717, 1.165) is 29.7 Å². The quantitative estimate of drug-likeness (QED) is 0.805. The van der Waals surface area contributed by atoms with E-state index in [4.69, 9.17) is 4.74 Å². The Morgan fingerprint density at radius 3 is 2.61 bits per heavy atom. The number of hydrogen-bond donors (Lipinski definition) is 0. The van der Waals surface area contributed by atoms with Gasteiger partial charge in [0.1, 0.15) is 11.6 Å². The number of nitrogens with zero attached hydrogens (tertiary/aromatic N) is 2. The number of ether oxygens (including phenoxy) is 1. The van der Waals surface area contributed by atoms with Crippen LogP contribution in [0.25, 0.3) is 11.4 Å². The lowest BCUT2D eigenvalue weighted by atomic mass is 10.2. The maximum atomic E-state index is 13.0. The summed E-state index contributed by atoms with van der Waals surface area (Å²) in [5.41, 5.74) is 0.180. The van der Waals surface area contributed by atoms with Crippen LogP contribution in [0.1, 0.15) is 16.7 Å². The van der Waals surface area contributed by atoms with Gasteiger partial charge in [-0.3, -0.25) is 0 Å². The molecular formula is C11H8F2N2O2S. The molecule has 0 saturated carbocycles. The van der Waals surface area contributed by atoms with E-state index in [1.807, 2.05) is 0 Å². The van der Waals surface area contributed by atoms with E-state index in [0.29, 0.717) is 0 Å². The van der Waals surface area contributed by atoms with E-state index in [1.165, 1.54) is 0 Å². The molecule has 7 heteroatoms. The molecule has 2 aromatic rings. The zero-order valence-corrected chi connectivity index (χ0v) is 10.1. The van der Waals surface area contributed by atoms with E-state index in [1.54, 1.807) is 6.92 Å². The van der Waals surface area contributed by atoms with Crippen molar-refractivity contribution >= 4 is 17.5 Å². The van der Waals surface area contributed by atoms with Gasteiger partial charge in [0.05, 0.1) is 6.61 Å². The van der Waals surface area contributed by atoms with Crippen molar-refractivity contribution in [3.05, 3.63) is 34.8 Å². The molecule has 0 saturated heterocycles. The largest absolute Gasteiger partial charge is 0.461 e. The number of carbonyl (C=O) groups is 1. The summed E-state index contributed by atoms with van der Waals surface area (Å²) < 4.78 is 34.6. The van der Waals surface area contributed by atoms with Crippen LogP contribution in [0.2, 0.25) is 0 Å². The predicted octanol–water partition coefficient (Wildman–Crippen LogP) is 2.66. The molecule has 0 fully saturated rings. The van der Waals surface area contributed by atoms with Crippen LogP contribution in [-0.2, 0) is 4.74 Å². The van der Waals surface area contributed by atoms with Crippen molar-refractivity contribution in [1.29, 1.82) is 0 Å². The summed E-state index contributed by atoms with van der Waals surface area (Å²) >= 11 is 0.824. The fourth-order valence-corrected chi connectivity index (χ4v) is 1.88. The SMILES string of the molecule is CCOC(=O)c1nc(-c2cc(F)cc(F)c2)ns1. The van der Waals surface area contributed by atoms with Gasteiger partial charge in [-0.25, -0.2) is 18.6 Å². The molecule has 0 atom stereocenters. The van der Waals surface area contributed by atoms with Crippen LogP contribution in [-0.4, -0.2) is 21.9 Å². The highest BCUT2D eigenvalue weighted by Crippen LogP contribution is 2.20. The Labute approximate surface area is 105 Å². The second-order valence-corrected chi connectivity index (χ2v) is 4.05. The first-order chi connectivity index (χ1) is 8.60. The lowest BCUT2D eigenvalue weighted by Crippen LogP contribution is -2.03. The van der Waals surface area contributed by atoms with Gasteiger partial charge in [0.2, 0.25) is 5.01 Å². The Morgan fingerprint density at radius 1 is 1.33 bits per heavy atom. The molecule has 0 spiro atoms. The molecule has 0 N–H and O–H groups in total. The van der Waals surface area contributed by atoms with Gasteiger partial charge in [0.15, 0.2) is 5.82 Å². The van der Waals surface area contributed by atoms with Crippen LogP contribution in [0.15, 0.2) is 18.2 Å². The number of aromatic nitrogens is 2. The summed E-state index contributed by atoms with van der Waals surface area (Å²) in [5.74, 6) is -1.95. The molecule has 94 valence electrons. The maximum absolute atomic E-state index is 13.0. The molecule has 0 radical (unpaired) electrons. The number of hydrogen-bond acceptors (Lipinski definition) is 5. The van der Waals surface area contributed by atoms with Gasteiger partial charge in [-0.1, -0.05) is 0 Å². The molecule has 0 amide bonds. The van der Waals surface area contributed by atoms with Crippen LogP contribution in [0.5, 0.6) is 0 Å². The molecule has 2 rings (SSSR count). The Hall–Kier alpha value is -1.89. The minimum atomic E-state index is -0.725. The standard InChI is InChI=1S/C11H8F2N2O2S/c1-2-17-11(16)10-14-9(15-18-10)6-3-7(12)5-8(13)4-6/h3-5H,2H2,1H3. The Bertz CT molecular complexity index is 566. The zero-order valence-electron chi connectivity index (χ0n) is 9.31. The lowest BCUT2D eigenvalue weighted by Gasteiger charge is -1.97. The van der Waals surface area contributed by atoms with Crippen molar-refractivity contribution in [3.8, 4) is 11.4 Å². The molecule has 18 heavy (non-hydrogen) atoms. The van der Waals surface area contributed by atoms with Crippen molar-refractivity contribution in [3.63, 3.8) is 0 Å². The van der Waals surface area contributed by atoms with Crippen LogP contribution in [0.4, 0.5) is 8.78 Å². The van der Waals surface area contributed by atoms with Crippen LogP contribution >= 0.6 is 11.5 Å². The van der Waals surface area contributed by atoms with E-state index in [-0.39, 0.29) is 23.0 Å². The third-order valence-electron chi connectivity index (χ3n) is 2.00. The first-order valence-corrected chi connectivity index (χ1v) is 5.84. The second kappa shape index (κ2) is 5.18. The molecule has 0 bridgehead atoms. The number of carbonyl (C=O) groups excluding carboxylic acids is 1. The van der Waals surface area contributed by atoms with Crippen LogP contribution in [0, 0.1) is 11.6 Å². The fraction of sp³-hybridized carbons (Fsp3) is 0.182. The highest BCUT2D eigenvalue weighted by atomic mass is 32.1. The second-order valence-electron chi connectivity index (χ2n) is 3.30. The molecule has 0 unspecified atom stereocenters. The lowest BCUT2D eigenvalue weighted by molar-refractivity contribution is 0.0526. The number of halogens is 2. The van der Waals surface area contributed by atoms with Gasteiger partial charge in [-0.05, 0) is 30.6 Å². The third-order valence-corrected chi connectivity index (χ3v) is 2.69. The Balaban J connectivity index is 2.32. The van der Waals surface area contributed by atoms with Crippen molar-refractivity contribution in [2.45, 2.75) is 6.92 Å². The van der Waals surface area contributed by atoms with E-state index in [2.05, 4.69) is 9.36 Å². The summed E-state index contributed by atoms with van der Waals surface area (Å²) in [5, 5.41) is 0.0523. The average molecular weight is 270 g/mol. The summed E-state index contributed by atoms with van der Waals surface area (Å²) in [6.07, 6.45) is 0. The summed E-state index contributed by atoms with van der Waals surface area (Å²) in [6, 6.07) is 2.95.